The normalized spacial score (nSPS) is 10.6. The fraction of sp³-hybridized carbons (Fsp3) is 0.0769. The van der Waals surface area contributed by atoms with Crippen molar-refractivity contribution in [2.75, 3.05) is 0 Å². The lowest BCUT2D eigenvalue weighted by molar-refractivity contribution is 0.455. The number of nitrogens with two attached hydrogens (primary N) is 1. The van der Waals surface area contributed by atoms with E-state index in [0.29, 0.717) is 11.1 Å². The van der Waals surface area contributed by atoms with Crippen LogP contribution in [0.25, 0.3) is 0 Å². The van der Waals surface area contributed by atoms with Gasteiger partial charge < -0.3 is 15.9 Å². The fourth-order valence-corrected chi connectivity index (χ4v) is 1.67. The molecule has 0 unspecified atom stereocenters. The molecule has 4 N–H and O–H groups in total. The van der Waals surface area contributed by atoms with Crippen molar-refractivity contribution in [3.05, 3.63) is 59.7 Å². The van der Waals surface area contributed by atoms with Crippen molar-refractivity contribution in [1.29, 1.82) is 0 Å². The summed E-state index contributed by atoms with van der Waals surface area (Å²) in [5, 5.41) is 19.3. The summed E-state index contributed by atoms with van der Waals surface area (Å²) in [6, 6.07) is 13.2. The molecule has 3 heteroatoms. The molecular formula is C13H13NO2. The van der Waals surface area contributed by atoms with E-state index in [9.17, 15) is 10.2 Å². The van der Waals surface area contributed by atoms with Gasteiger partial charge in [0.2, 0.25) is 0 Å². The lowest BCUT2D eigenvalue weighted by Crippen LogP contribution is -2.12. The lowest BCUT2D eigenvalue weighted by Gasteiger charge is -2.15. The van der Waals surface area contributed by atoms with Crippen LogP contribution in [0.3, 0.4) is 0 Å². The van der Waals surface area contributed by atoms with Crippen LogP contribution >= 0.6 is 0 Å². The first kappa shape index (κ1) is 10.5. The molecule has 0 saturated heterocycles. The minimum absolute atomic E-state index is 0.137. The van der Waals surface area contributed by atoms with Gasteiger partial charge in [-0.05, 0) is 12.1 Å². The minimum Gasteiger partial charge on any atom is -0.508 e. The van der Waals surface area contributed by atoms with Crippen molar-refractivity contribution in [3.63, 3.8) is 0 Å². The second-order valence-corrected chi connectivity index (χ2v) is 3.60. The van der Waals surface area contributed by atoms with Crippen molar-refractivity contribution in [2.24, 2.45) is 5.73 Å². The van der Waals surface area contributed by atoms with E-state index in [1.54, 1.807) is 48.5 Å². The Morgan fingerprint density at radius 3 is 1.50 bits per heavy atom. The molecule has 0 aliphatic carbocycles. The average Bonchev–Trinajstić information content (AvgIpc) is 2.29. The molecule has 0 aliphatic heterocycles. The second kappa shape index (κ2) is 4.24. The Balaban J connectivity index is 2.44. The number of hydrogen-bond acceptors (Lipinski definition) is 3. The van der Waals surface area contributed by atoms with Gasteiger partial charge in [0.25, 0.3) is 0 Å². The Morgan fingerprint density at radius 2 is 1.12 bits per heavy atom. The predicted octanol–water partition coefficient (Wildman–Crippen LogP) is 2.15. The van der Waals surface area contributed by atoms with Crippen molar-refractivity contribution >= 4 is 0 Å². The standard InChI is InChI=1S/C13H13NO2/c14-13(9-5-1-3-7-11(9)15)10-6-2-4-8-12(10)16/h1-8,13,15-16H,14H2. The van der Waals surface area contributed by atoms with E-state index in [1.165, 1.54) is 0 Å². The van der Waals surface area contributed by atoms with E-state index < -0.39 is 6.04 Å². The Hall–Kier alpha value is -2.00. The summed E-state index contributed by atoms with van der Waals surface area (Å²) in [6.07, 6.45) is 0. The smallest absolute Gasteiger partial charge is 0.120 e. The lowest BCUT2D eigenvalue weighted by atomic mass is 9.98. The zero-order valence-corrected chi connectivity index (χ0v) is 8.67. The first-order valence-corrected chi connectivity index (χ1v) is 5.01. The van der Waals surface area contributed by atoms with E-state index >= 15 is 0 Å². The topological polar surface area (TPSA) is 66.5 Å². The Kier molecular flexibility index (Phi) is 2.79. The van der Waals surface area contributed by atoms with Gasteiger partial charge in [0.1, 0.15) is 11.5 Å². The first-order chi connectivity index (χ1) is 7.70. The van der Waals surface area contributed by atoms with Crippen LogP contribution in [0.1, 0.15) is 17.2 Å². The molecule has 0 radical (unpaired) electrons. The fourth-order valence-electron chi connectivity index (χ4n) is 1.67. The zero-order chi connectivity index (χ0) is 11.5. The summed E-state index contributed by atoms with van der Waals surface area (Å²) in [6.45, 7) is 0. The highest BCUT2D eigenvalue weighted by Crippen LogP contribution is 2.31. The molecule has 16 heavy (non-hydrogen) atoms. The average molecular weight is 215 g/mol. The highest BCUT2D eigenvalue weighted by Gasteiger charge is 2.15. The molecule has 0 amide bonds. The third-order valence-corrected chi connectivity index (χ3v) is 2.54. The summed E-state index contributed by atoms with van der Waals surface area (Å²) < 4.78 is 0. The minimum atomic E-state index is -0.526. The number of phenolic OH excluding ortho intramolecular Hbond substituents is 2. The van der Waals surface area contributed by atoms with Crippen LogP contribution in [-0.4, -0.2) is 10.2 Å². The van der Waals surface area contributed by atoms with Crippen LogP contribution in [0, 0.1) is 0 Å². The third kappa shape index (κ3) is 1.85. The van der Waals surface area contributed by atoms with Gasteiger partial charge in [0.15, 0.2) is 0 Å². The number of hydrogen-bond donors (Lipinski definition) is 3. The van der Waals surface area contributed by atoms with Gasteiger partial charge in [-0.25, -0.2) is 0 Å². The summed E-state index contributed by atoms with van der Waals surface area (Å²) in [5.41, 5.74) is 7.20. The molecule has 0 spiro atoms. The predicted molar refractivity (Wildman–Crippen MR) is 62.2 cm³/mol. The van der Waals surface area contributed by atoms with Gasteiger partial charge >= 0.3 is 0 Å². The van der Waals surface area contributed by atoms with E-state index in [-0.39, 0.29) is 11.5 Å². The maximum Gasteiger partial charge on any atom is 0.120 e. The molecule has 2 rings (SSSR count). The van der Waals surface area contributed by atoms with Gasteiger partial charge in [-0.2, -0.15) is 0 Å². The molecule has 0 aliphatic rings. The van der Waals surface area contributed by atoms with Crippen LogP contribution in [-0.2, 0) is 0 Å². The second-order valence-electron chi connectivity index (χ2n) is 3.60. The Labute approximate surface area is 93.8 Å². The SMILES string of the molecule is NC(c1ccccc1O)c1ccccc1O. The molecule has 82 valence electrons. The van der Waals surface area contributed by atoms with Gasteiger partial charge in [-0.15, -0.1) is 0 Å². The molecule has 0 saturated carbocycles. The molecular weight excluding hydrogens is 202 g/mol. The van der Waals surface area contributed by atoms with E-state index in [0.717, 1.165) is 0 Å². The molecule has 0 aromatic heterocycles. The number of benzene rings is 2. The number of phenols is 2. The van der Waals surface area contributed by atoms with Crippen molar-refractivity contribution in [1.82, 2.24) is 0 Å². The van der Waals surface area contributed by atoms with Gasteiger partial charge in [-0.1, -0.05) is 36.4 Å². The van der Waals surface area contributed by atoms with E-state index in [1.807, 2.05) is 0 Å². The van der Waals surface area contributed by atoms with Gasteiger partial charge in [0.05, 0.1) is 6.04 Å². The summed E-state index contributed by atoms with van der Waals surface area (Å²) >= 11 is 0. The van der Waals surface area contributed by atoms with Crippen LogP contribution in [0.4, 0.5) is 0 Å². The van der Waals surface area contributed by atoms with Gasteiger partial charge in [0, 0.05) is 11.1 Å². The number of rotatable bonds is 2. The van der Waals surface area contributed by atoms with Gasteiger partial charge in [-0.3, -0.25) is 0 Å². The first-order valence-electron chi connectivity index (χ1n) is 5.01. The van der Waals surface area contributed by atoms with E-state index in [4.69, 9.17) is 5.73 Å². The van der Waals surface area contributed by atoms with Crippen molar-refractivity contribution in [3.8, 4) is 11.5 Å². The summed E-state index contributed by atoms with van der Waals surface area (Å²) in [7, 11) is 0. The Bertz CT molecular complexity index is 451. The summed E-state index contributed by atoms with van der Waals surface area (Å²) in [4.78, 5) is 0. The molecule has 2 aromatic rings. The Morgan fingerprint density at radius 1 is 0.750 bits per heavy atom. The van der Waals surface area contributed by atoms with Crippen molar-refractivity contribution < 1.29 is 10.2 Å². The highest BCUT2D eigenvalue weighted by molar-refractivity contribution is 5.44. The monoisotopic (exact) mass is 215 g/mol. The zero-order valence-electron chi connectivity index (χ0n) is 8.67. The molecule has 0 atom stereocenters. The van der Waals surface area contributed by atoms with E-state index in [2.05, 4.69) is 0 Å². The van der Waals surface area contributed by atoms with Crippen molar-refractivity contribution in [2.45, 2.75) is 6.04 Å². The summed E-state index contributed by atoms with van der Waals surface area (Å²) in [5.74, 6) is 0.275. The maximum absolute atomic E-state index is 9.67. The largest absolute Gasteiger partial charge is 0.508 e. The van der Waals surface area contributed by atoms with Crippen LogP contribution in [0.2, 0.25) is 0 Å². The molecule has 0 bridgehead atoms. The highest BCUT2D eigenvalue weighted by atomic mass is 16.3. The quantitative estimate of drug-likeness (QED) is 0.719. The molecule has 2 aromatic carbocycles. The molecule has 0 fully saturated rings. The van der Waals surface area contributed by atoms with Crippen LogP contribution in [0.15, 0.2) is 48.5 Å². The van der Waals surface area contributed by atoms with Crippen LogP contribution in [0.5, 0.6) is 11.5 Å². The number of para-hydroxylation sites is 2. The molecule has 3 nitrogen and oxygen atoms in total. The third-order valence-electron chi connectivity index (χ3n) is 2.54. The number of aromatic hydroxyl groups is 2. The van der Waals surface area contributed by atoms with Crippen LogP contribution < -0.4 is 5.73 Å². The molecule has 0 heterocycles. The maximum atomic E-state index is 9.67.